The van der Waals surface area contributed by atoms with Gasteiger partial charge in [-0.15, -0.1) is 0 Å². The molecule has 0 bridgehead atoms. The van der Waals surface area contributed by atoms with E-state index in [9.17, 15) is 18.4 Å². The van der Waals surface area contributed by atoms with Gasteiger partial charge in [0.2, 0.25) is 0 Å². The normalized spacial score (nSPS) is 16.8. The first-order valence-corrected chi connectivity index (χ1v) is 8.03. The minimum Gasteiger partial charge on any atom is -0.327 e. The Bertz CT molecular complexity index is 913. The number of carbonyl (C=O) groups excluding carboxylic acids is 2. The van der Waals surface area contributed by atoms with E-state index in [1.165, 1.54) is 6.07 Å². The SMILES string of the molecule is CC1=C(C(=O)Nc2ccc(F)c(F)c2)[C@H](c2ccc(Cl)cc2)NC(=O)N1. The number of urea groups is 1. The molecule has 0 fully saturated rings. The third kappa shape index (κ3) is 3.67. The van der Waals surface area contributed by atoms with E-state index in [0.717, 1.165) is 12.1 Å². The molecule has 0 unspecified atom stereocenters. The Morgan fingerprint density at radius 2 is 1.81 bits per heavy atom. The van der Waals surface area contributed by atoms with Crippen LogP contribution in [-0.4, -0.2) is 11.9 Å². The van der Waals surface area contributed by atoms with Crippen molar-refractivity contribution < 1.29 is 18.4 Å². The van der Waals surface area contributed by atoms with Gasteiger partial charge in [-0.3, -0.25) is 4.79 Å². The van der Waals surface area contributed by atoms with Gasteiger partial charge in [0.1, 0.15) is 0 Å². The number of anilines is 1. The Hall–Kier alpha value is -2.93. The number of hydrogen-bond acceptors (Lipinski definition) is 2. The summed E-state index contributed by atoms with van der Waals surface area (Å²) in [6.07, 6.45) is 0. The van der Waals surface area contributed by atoms with Gasteiger partial charge in [0.25, 0.3) is 5.91 Å². The van der Waals surface area contributed by atoms with Crippen LogP contribution in [0.15, 0.2) is 53.7 Å². The zero-order valence-electron chi connectivity index (χ0n) is 13.6. The first-order valence-electron chi connectivity index (χ1n) is 7.65. The van der Waals surface area contributed by atoms with E-state index in [2.05, 4.69) is 16.0 Å². The molecule has 8 heteroatoms. The molecule has 1 atom stereocenters. The first kappa shape index (κ1) is 17.9. The van der Waals surface area contributed by atoms with Gasteiger partial charge in [-0.1, -0.05) is 23.7 Å². The molecule has 1 heterocycles. The number of rotatable bonds is 3. The summed E-state index contributed by atoms with van der Waals surface area (Å²) in [5.74, 6) is -2.64. The lowest BCUT2D eigenvalue weighted by Crippen LogP contribution is -2.45. The Morgan fingerprint density at radius 1 is 1.12 bits per heavy atom. The number of benzene rings is 2. The lowest BCUT2D eigenvalue weighted by molar-refractivity contribution is -0.113. The van der Waals surface area contributed by atoms with Crippen molar-refractivity contribution in [2.24, 2.45) is 0 Å². The smallest absolute Gasteiger partial charge is 0.319 e. The molecular formula is C18H14ClF2N3O2. The molecule has 26 heavy (non-hydrogen) atoms. The molecule has 0 saturated carbocycles. The van der Waals surface area contributed by atoms with E-state index < -0.39 is 29.6 Å². The molecule has 0 spiro atoms. The van der Waals surface area contributed by atoms with Crippen LogP contribution in [0.5, 0.6) is 0 Å². The third-order valence-corrected chi connectivity index (χ3v) is 4.15. The summed E-state index contributed by atoms with van der Waals surface area (Å²) in [5, 5.41) is 8.24. The molecule has 0 aromatic heterocycles. The predicted molar refractivity (Wildman–Crippen MR) is 93.5 cm³/mol. The van der Waals surface area contributed by atoms with Gasteiger partial charge in [0, 0.05) is 22.5 Å². The summed E-state index contributed by atoms with van der Waals surface area (Å²) in [5.41, 5.74) is 1.35. The summed E-state index contributed by atoms with van der Waals surface area (Å²) in [7, 11) is 0. The lowest BCUT2D eigenvalue weighted by Gasteiger charge is -2.28. The molecule has 0 saturated heterocycles. The zero-order chi connectivity index (χ0) is 18.8. The van der Waals surface area contributed by atoms with Gasteiger partial charge in [0.15, 0.2) is 11.6 Å². The van der Waals surface area contributed by atoms with Crippen molar-refractivity contribution >= 4 is 29.2 Å². The quantitative estimate of drug-likeness (QED) is 0.759. The maximum atomic E-state index is 13.4. The maximum Gasteiger partial charge on any atom is 0.319 e. The van der Waals surface area contributed by atoms with Crippen molar-refractivity contribution in [2.45, 2.75) is 13.0 Å². The fourth-order valence-corrected chi connectivity index (χ4v) is 2.80. The average Bonchev–Trinajstić information content (AvgIpc) is 2.58. The molecule has 0 radical (unpaired) electrons. The lowest BCUT2D eigenvalue weighted by atomic mass is 9.95. The minimum absolute atomic E-state index is 0.0981. The Labute approximate surface area is 153 Å². The summed E-state index contributed by atoms with van der Waals surface area (Å²) in [6, 6.07) is 8.56. The van der Waals surface area contributed by atoms with Gasteiger partial charge in [-0.2, -0.15) is 0 Å². The standard InChI is InChI=1S/C18H14ClF2N3O2/c1-9-15(17(25)23-12-6-7-13(20)14(21)8-12)16(24-18(26)22-9)10-2-4-11(19)5-3-10/h2-8,16H,1H3,(H,23,25)(H2,22,24,26)/t16-/m0/s1. The number of carbonyl (C=O) groups is 2. The van der Waals surface area contributed by atoms with E-state index in [1.807, 2.05) is 0 Å². The van der Waals surface area contributed by atoms with Crippen molar-refractivity contribution in [1.82, 2.24) is 10.6 Å². The van der Waals surface area contributed by atoms with Crippen LogP contribution in [0, 0.1) is 11.6 Å². The highest BCUT2D eigenvalue weighted by Crippen LogP contribution is 2.28. The second-order valence-electron chi connectivity index (χ2n) is 5.70. The van der Waals surface area contributed by atoms with Gasteiger partial charge >= 0.3 is 6.03 Å². The monoisotopic (exact) mass is 377 g/mol. The maximum absolute atomic E-state index is 13.4. The van der Waals surface area contributed by atoms with E-state index in [4.69, 9.17) is 11.6 Å². The fraction of sp³-hybridized carbons (Fsp3) is 0.111. The Kier molecular flexibility index (Phi) is 4.90. The number of halogens is 3. The van der Waals surface area contributed by atoms with Crippen molar-refractivity contribution in [2.75, 3.05) is 5.32 Å². The molecule has 5 nitrogen and oxygen atoms in total. The molecular weight excluding hydrogens is 364 g/mol. The largest absolute Gasteiger partial charge is 0.327 e. The van der Waals surface area contributed by atoms with Crippen LogP contribution in [0.1, 0.15) is 18.5 Å². The van der Waals surface area contributed by atoms with Crippen LogP contribution >= 0.6 is 11.6 Å². The molecule has 3 amide bonds. The van der Waals surface area contributed by atoms with Gasteiger partial charge in [0.05, 0.1) is 11.6 Å². The summed E-state index contributed by atoms with van der Waals surface area (Å²) in [6.45, 7) is 1.59. The zero-order valence-corrected chi connectivity index (χ0v) is 14.3. The predicted octanol–water partition coefficient (Wildman–Crippen LogP) is 3.88. The first-order chi connectivity index (χ1) is 12.3. The second kappa shape index (κ2) is 7.13. The highest BCUT2D eigenvalue weighted by atomic mass is 35.5. The van der Waals surface area contributed by atoms with Crippen LogP contribution < -0.4 is 16.0 Å². The average molecular weight is 378 g/mol. The topological polar surface area (TPSA) is 70.2 Å². The van der Waals surface area contributed by atoms with Crippen LogP contribution in [-0.2, 0) is 4.79 Å². The molecule has 3 rings (SSSR count). The molecule has 1 aliphatic rings. The van der Waals surface area contributed by atoms with Crippen LogP contribution in [0.2, 0.25) is 5.02 Å². The Balaban J connectivity index is 1.93. The molecule has 2 aromatic carbocycles. The van der Waals surface area contributed by atoms with Crippen molar-refractivity contribution in [3.05, 3.63) is 76.0 Å². The van der Waals surface area contributed by atoms with Crippen molar-refractivity contribution in [3.8, 4) is 0 Å². The van der Waals surface area contributed by atoms with Gasteiger partial charge in [-0.25, -0.2) is 13.6 Å². The third-order valence-electron chi connectivity index (χ3n) is 3.89. The van der Waals surface area contributed by atoms with Crippen LogP contribution in [0.3, 0.4) is 0 Å². The van der Waals surface area contributed by atoms with E-state index in [-0.39, 0.29) is 11.3 Å². The highest BCUT2D eigenvalue weighted by Gasteiger charge is 2.31. The minimum atomic E-state index is -1.07. The van der Waals surface area contributed by atoms with E-state index in [0.29, 0.717) is 16.3 Å². The summed E-state index contributed by atoms with van der Waals surface area (Å²) >= 11 is 5.88. The van der Waals surface area contributed by atoms with Crippen LogP contribution in [0.25, 0.3) is 0 Å². The second-order valence-corrected chi connectivity index (χ2v) is 6.14. The summed E-state index contributed by atoms with van der Waals surface area (Å²) < 4.78 is 26.4. The number of amides is 3. The molecule has 3 N–H and O–H groups in total. The van der Waals surface area contributed by atoms with Gasteiger partial charge < -0.3 is 16.0 Å². The molecule has 2 aromatic rings. The van der Waals surface area contributed by atoms with Crippen molar-refractivity contribution in [3.63, 3.8) is 0 Å². The summed E-state index contributed by atoms with van der Waals surface area (Å²) in [4.78, 5) is 24.6. The van der Waals surface area contributed by atoms with Crippen LogP contribution in [0.4, 0.5) is 19.3 Å². The fourth-order valence-electron chi connectivity index (χ4n) is 2.67. The number of nitrogens with one attached hydrogen (secondary N) is 3. The van der Waals surface area contributed by atoms with Gasteiger partial charge in [-0.05, 0) is 36.8 Å². The number of hydrogen-bond donors (Lipinski definition) is 3. The van der Waals surface area contributed by atoms with Crippen molar-refractivity contribution in [1.29, 1.82) is 0 Å². The van der Waals surface area contributed by atoms with E-state index in [1.54, 1.807) is 31.2 Å². The highest BCUT2D eigenvalue weighted by molar-refractivity contribution is 6.30. The Morgan fingerprint density at radius 3 is 2.46 bits per heavy atom. The number of allylic oxidation sites excluding steroid dienone is 1. The van der Waals surface area contributed by atoms with E-state index >= 15 is 0 Å². The molecule has 1 aliphatic heterocycles. The molecule has 0 aliphatic carbocycles. The molecule has 134 valence electrons.